The first-order chi connectivity index (χ1) is 9.44. The molecular weight excluding hydrogens is 303 g/mol. The zero-order valence-corrected chi connectivity index (χ0v) is 12.8. The number of nitrogens with one attached hydrogen (secondary N) is 2. The van der Waals surface area contributed by atoms with Crippen LogP contribution in [-0.2, 0) is 16.6 Å². The molecule has 7 heteroatoms. The highest BCUT2D eigenvalue weighted by Gasteiger charge is 2.25. The lowest BCUT2D eigenvalue weighted by Gasteiger charge is -2.11. The Morgan fingerprint density at radius 3 is 2.70 bits per heavy atom. The molecule has 20 heavy (non-hydrogen) atoms. The smallest absolute Gasteiger partial charge is 0.240 e. The Morgan fingerprint density at radius 2 is 2.10 bits per heavy atom. The molecule has 0 aromatic heterocycles. The van der Waals surface area contributed by atoms with Crippen LogP contribution in [0.3, 0.4) is 0 Å². The van der Waals surface area contributed by atoms with Gasteiger partial charge in [0.2, 0.25) is 10.0 Å². The van der Waals surface area contributed by atoms with Crippen molar-refractivity contribution in [1.82, 2.24) is 10.0 Å². The zero-order chi connectivity index (χ0) is 14.8. The second-order valence-electron chi connectivity index (χ2n) is 4.95. The molecule has 112 valence electrons. The molecule has 1 saturated carbocycles. The summed E-state index contributed by atoms with van der Waals surface area (Å²) < 4.78 is 40.5. The summed E-state index contributed by atoms with van der Waals surface area (Å²) in [6.07, 6.45) is 2.09. The number of rotatable bonds is 7. The van der Waals surface area contributed by atoms with Gasteiger partial charge in [-0.1, -0.05) is 18.5 Å². The summed E-state index contributed by atoms with van der Waals surface area (Å²) >= 11 is 5.86. The lowest BCUT2D eigenvalue weighted by Crippen LogP contribution is -2.26. The van der Waals surface area contributed by atoms with Crippen LogP contribution in [0.1, 0.15) is 25.3 Å². The maximum absolute atomic E-state index is 13.8. The van der Waals surface area contributed by atoms with Crippen LogP contribution in [0.15, 0.2) is 17.0 Å². The van der Waals surface area contributed by atoms with Crippen LogP contribution in [0.4, 0.5) is 4.39 Å². The Hall–Kier alpha value is -0.690. The Kier molecular flexibility index (Phi) is 5.01. The molecule has 0 spiro atoms. The molecule has 1 fully saturated rings. The number of sulfonamides is 1. The molecule has 2 rings (SSSR count). The second kappa shape index (κ2) is 6.39. The van der Waals surface area contributed by atoms with Crippen LogP contribution in [-0.4, -0.2) is 21.5 Å². The molecule has 1 aromatic rings. The van der Waals surface area contributed by atoms with Crippen molar-refractivity contribution in [2.75, 3.05) is 13.1 Å². The highest BCUT2D eigenvalue weighted by atomic mass is 35.5. The Bertz CT molecular complexity index is 588. The standard InChI is InChI=1S/C13H18ClFN2O2S/c1-2-16-8-10-5-11(6-12(15)13(10)14)20(18,19)17-7-9-3-4-9/h5-6,9,16-17H,2-4,7-8H2,1H3. The van der Waals surface area contributed by atoms with Gasteiger partial charge in [0, 0.05) is 13.1 Å². The van der Waals surface area contributed by atoms with Gasteiger partial charge in [0.15, 0.2) is 0 Å². The van der Waals surface area contributed by atoms with Crippen LogP contribution >= 0.6 is 11.6 Å². The molecule has 0 atom stereocenters. The van der Waals surface area contributed by atoms with E-state index in [2.05, 4.69) is 10.0 Å². The predicted molar refractivity (Wildman–Crippen MR) is 76.7 cm³/mol. The fourth-order valence-electron chi connectivity index (χ4n) is 1.79. The van der Waals surface area contributed by atoms with Gasteiger partial charge in [-0.05, 0) is 43.0 Å². The fourth-order valence-corrected chi connectivity index (χ4v) is 3.15. The Morgan fingerprint density at radius 1 is 1.40 bits per heavy atom. The van der Waals surface area contributed by atoms with Gasteiger partial charge in [0.1, 0.15) is 5.82 Å². The van der Waals surface area contributed by atoms with Crippen LogP contribution in [0.2, 0.25) is 5.02 Å². The normalized spacial score (nSPS) is 15.6. The number of hydrogen-bond donors (Lipinski definition) is 2. The molecule has 0 aliphatic heterocycles. The van der Waals surface area contributed by atoms with Gasteiger partial charge in [-0.2, -0.15) is 0 Å². The summed E-state index contributed by atoms with van der Waals surface area (Å²) in [7, 11) is -3.68. The van der Waals surface area contributed by atoms with Gasteiger partial charge < -0.3 is 5.32 Å². The zero-order valence-electron chi connectivity index (χ0n) is 11.2. The van der Waals surface area contributed by atoms with Gasteiger partial charge in [-0.15, -0.1) is 0 Å². The third kappa shape index (κ3) is 3.91. The molecular formula is C13H18ClFN2O2S. The van der Waals surface area contributed by atoms with Crippen molar-refractivity contribution in [3.63, 3.8) is 0 Å². The average Bonchev–Trinajstić information content (AvgIpc) is 3.22. The first-order valence-electron chi connectivity index (χ1n) is 6.62. The molecule has 0 saturated heterocycles. The highest BCUT2D eigenvalue weighted by Crippen LogP contribution is 2.29. The molecule has 0 unspecified atom stereocenters. The highest BCUT2D eigenvalue weighted by molar-refractivity contribution is 7.89. The van der Waals surface area contributed by atoms with Crippen LogP contribution in [0.25, 0.3) is 0 Å². The molecule has 0 heterocycles. The van der Waals surface area contributed by atoms with Crippen molar-refractivity contribution in [2.45, 2.75) is 31.2 Å². The lowest BCUT2D eigenvalue weighted by atomic mass is 10.2. The van der Waals surface area contributed by atoms with Crippen molar-refractivity contribution >= 4 is 21.6 Å². The predicted octanol–water partition coefficient (Wildman–Crippen LogP) is 2.28. The maximum Gasteiger partial charge on any atom is 0.240 e. The van der Waals surface area contributed by atoms with E-state index in [1.54, 1.807) is 0 Å². The van der Waals surface area contributed by atoms with E-state index in [9.17, 15) is 12.8 Å². The van der Waals surface area contributed by atoms with E-state index in [4.69, 9.17) is 11.6 Å². The van der Waals surface area contributed by atoms with E-state index in [-0.39, 0.29) is 9.92 Å². The summed E-state index contributed by atoms with van der Waals surface area (Å²) in [5.41, 5.74) is 0.445. The monoisotopic (exact) mass is 320 g/mol. The SMILES string of the molecule is CCNCc1cc(S(=O)(=O)NCC2CC2)cc(F)c1Cl. The molecule has 1 aliphatic rings. The van der Waals surface area contributed by atoms with Crippen molar-refractivity contribution in [3.05, 3.63) is 28.5 Å². The first kappa shape index (κ1) is 15.7. The summed E-state index contributed by atoms with van der Waals surface area (Å²) in [5.74, 6) is -0.294. The Balaban J connectivity index is 2.23. The first-order valence-corrected chi connectivity index (χ1v) is 8.48. The third-order valence-electron chi connectivity index (χ3n) is 3.21. The summed E-state index contributed by atoms with van der Waals surface area (Å²) in [4.78, 5) is -0.0760. The van der Waals surface area contributed by atoms with E-state index in [0.717, 1.165) is 18.9 Å². The number of hydrogen-bond acceptors (Lipinski definition) is 3. The average molecular weight is 321 g/mol. The fraction of sp³-hybridized carbons (Fsp3) is 0.538. The summed E-state index contributed by atoms with van der Waals surface area (Å²) in [6, 6.07) is 2.39. The minimum atomic E-state index is -3.68. The number of halogens is 2. The minimum absolute atomic E-state index is 0.0351. The topological polar surface area (TPSA) is 58.2 Å². The number of benzene rings is 1. The van der Waals surface area contributed by atoms with Crippen molar-refractivity contribution in [3.8, 4) is 0 Å². The molecule has 1 aliphatic carbocycles. The van der Waals surface area contributed by atoms with Crippen molar-refractivity contribution in [2.24, 2.45) is 5.92 Å². The van der Waals surface area contributed by atoms with Gasteiger partial charge >= 0.3 is 0 Å². The van der Waals surface area contributed by atoms with E-state index >= 15 is 0 Å². The van der Waals surface area contributed by atoms with Gasteiger partial charge in [0.05, 0.1) is 9.92 Å². The van der Waals surface area contributed by atoms with E-state index in [0.29, 0.717) is 31.1 Å². The maximum atomic E-state index is 13.8. The lowest BCUT2D eigenvalue weighted by molar-refractivity contribution is 0.573. The van der Waals surface area contributed by atoms with Gasteiger partial charge in [-0.25, -0.2) is 17.5 Å². The molecule has 4 nitrogen and oxygen atoms in total. The van der Waals surface area contributed by atoms with Gasteiger partial charge in [-0.3, -0.25) is 0 Å². The molecule has 0 bridgehead atoms. The third-order valence-corrected chi connectivity index (χ3v) is 5.04. The van der Waals surface area contributed by atoms with Crippen molar-refractivity contribution < 1.29 is 12.8 Å². The molecule has 1 aromatic carbocycles. The summed E-state index contributed by atoms with van der Waals surface area (Å²) in [5, 5.41) is 2.97. The molecule has 0 radical (unpaired) electrons. The Labute approximate surface area is 123 Å². The summed E-state index contributed by atoms with van der Waals surface area (Å²) in [6.45, 7) is 3.34. The van der Waals surface area contributed by atoms with Crippen molar-refractivity contribution in [1.29, 1.82) is 0 Å². The minimum Gasteiger partial charge on any atom is -0.313 e. The molecule has 0 amide bonds. The van der Waals surface area contributed by atoms with Crippen LogP contribution in [0.5, 0.6) is 0 Å². The molecule has 2 N–H and O–H groups in total. The van der Waals surface area contributed by atoms with E-state index in [1.807, 2.05) is 6.92 Å². The van der Waals surface area contributed by atoms with Crippen LogP contribution < -0.4 is 10.0 Å². The largest absolute Gasteiger partial charge is 0.313 e. The van der Waals surface area contributed by atoms with Crippen LogP contribution in [0, 0.1) is 11.7 Å². The van der Waals surface area contributed by atoms with Gasteiger partial charge in [0.25, 0.3) is 0 Å². The quantitative estimate of drug-likeness (QED) is 0.810. The van der Waals surface area contributed by atoms with E-state index in [1.165, 1.54) is 6.07 Å². The second-order valence-corrected chi connectivity index (χ2v) is 7.10. The van der Waals surface area contributed by atoms with E-state index < -0.39 is 15.8 Å².